The lowest BCUT2D eigenvalue weighted by Crippen LogP contribution is -2.09. The van der Waals surface area contributed by atoms with Gasteiger partial charge in [-0.2, -0.15) is 0 Å². The summed E-state index contributed by atoms with van der Waals surface area (Å²) in [4.78, 5) is 3.98. The Bertz CT molecular complexity index is 542. The number of nitrogens with zero attached hydrogens (tertiary/aromatic N) is 2. The van der Waals surface area contributed by atoms with Crippen LogP contribution in [0.3, 0.4) is 0 Å². The van der Waals surface area contributed by atoms with Gasteiger partial charge in [0.05, 0.1) is 29.3 Å². The Morgan fingerprint density at radius 2 is 2.28 bits per heavy atom. The van der Waals surface area contributed by atoms with Gasteiger partial charge in [-0.25, -0.2) is 9.37 Å². The third-order valence-electron chi connectivity index (χ3n) is 2.87. The van der Waals surface area contributed by atoms with Gasteiger partial charge in [0.15, 0.2) is 0 Å². The van der Waals surface area contributed by atoms with E-state index in [1.807, 2.05) is 11.5 Å². The van der Waals surface area contributed by atoms with E-state index in [1.165, 1.54) is 6.07 Å². The molecule has 5 heteroatoms. The molecule has 2 aromatic rings. The highest BCUT2D eigenvalue weighted by atomic mass is 35.5. The fourth-order valence-electron chi connectivity index (χ4n) is 1.89. The Morgan fingerprint density at radius 1 is 1.50 bits per heavy atom. The van der Waals surface area contributed by atoms with Crippen molar-refractivity contribution in [2.45, 2.75) is 26.0 Å². The zero-order chi connectivity index (χ0) is 13.1. The molecule has 0 saturated heterocycles. The van der Waals surface area contributed by atoms with Crippen molar-refractivity contribution in [1.82, 2.24) is 9.55 Å². The topological polar surface area (TPSA) is 38.0 Å². The van der Waals surface area contributed by atoms with Crippen molar-refractivity contribution in [2.75, 3.05) is 0 Å². The molecule has 2 rings (SSSR count). The van der Waals surface area contributed by atoms with Gasteiger partial charge in [-0.15, -0.1) is 0 Å². The van der Waals surface area contributed by atoms with Gasteiger partial charge in [0, 0.05) is 13.0 Å². The van der Waals surface area contributed by atoms with E-state index in [0.29, 0.717) is 17.8 Å². The van der Waals surface area contributed by atoms with E-state index < -0.39 is 11.9 Å². The molecule has 0 amide bonds. The maximum Gasteiger partial charge on any atom is 0.145 e. The number of aliphatic hydroxyl groups is 1. The quantitative estimate of drug-likeness (QED) is 0.926. The average molecular weight is 269 g/mol. The highest BCUT2D eigenvalue weighted by Gasteiger charge is 2.16. The first-order chi connectivity index (χ1) is 8.63. The molecule has 1 unspecified atom stereocenters. The van der Waals surface area contributed by atoms with Crippen LogP contribution in [-0.4, -0.2) is 14.7 Å². The number of aliphatic hydroxyl groups excluding tert-OH is 1. The summed E-state index contributed by atoms with van der Waals surface area (Å²) >= 11 is 5.71. The Balaban J connectivity index is 2.21. The van der Waals surface area contributed by atoms with Gasteiger partial charge in [-0.05, 0) is 18.6 Å². The number of hydrogen-bond acceptors (Lipinski definition) is 2. The molecular weight excluding hydrogens is 255 g/mol. The van der Waals surface area contributed by atoms with E-state index in [1.54, 1.807) is 24.7 Å². The first-order valence-electron chi connectivity index (χ1n) is 5.74. The molecule has 1 N–H and O–H groups in total. The third-order valence-corrected chi connectivity index (χ3v) is 3.16. The SMILES string of the molecule is CCn1cncc1C(O)Cc1cccc(Cl)c1F. The Morgan fingerprint density at radius 3 is 3.00 bits per heavy atom. The average Bonchev–Trinajstić information content (AvgIpc) is 2.83. The maximum atomic E-state index is 13.7. The number of aromatic nitrogens is 2. The summed E-state index contributed by atoms with van der Waals surface area (Å²) in [6.45, 7) is 2.67. The lowest BCUT2D eigenvalue weighted by molar-refractivity contribution is 0.167. The third kappa shape index (κ3) is 2.54. The van der Waals surface area contributed by atoms with Crippen LogP contribution in [0.25, 0.3) is 0 Å². The molecule has 0 bridgehead atoms. The van der Waals surface area contributed by atoms with Crippen molar-refractivity contribution in [3.8, 4) is 0 Å². The smallest absolute Gasteiger partial charge is 0.145 e. The van der Waals surface area contributed by atoms with Gasteiger partial charge in [-0.1, -0.05) is 23.7 Å². The van der Waals surface area contributed by atoms with Crippen LogP contribution in [0.2, 0.25) is 5.02 Å². The standard InChI is InChI=1S/C13H14ClFN2O/c1-2-17-8-16-7-11(17)12(18)6-9-4-3-5-10(14)13(9)15/h3-5,7-8,12,18H,2,6H2,1H3. The molecule has 0 aliphatic rings. The summed E-state index contributed by atoms with van der Waals surface area (Å²) in [5.74, 6) is -0.471. The Hall–Kier alpha value is -1.39. The lowest BCUT2D eigenvalue weighted by Gasteiger charge is -2.13. The van der Waals surface area contributed by atoms with Gasteiger partial charge in [0.2, 0.25) is 0 Å². The number of benzene rings is 1. The van der Waals surface area contributed by atoms with Gasteiger partial charge in [0.1, 0.15) is 5.82 Å². The zero-order valence-corrected chi connectivity index (χ0v) is 10.7. The summed E-state index contributed by atoms with van der Waals surface area (Å²) in [6, 6.07) is 4.78. The maximum absolute atomic E-state index is 13.7. The van der Waals surface area contributed by atoms with Crippen molar-refractivity contribution in [2.24, 2.45) is 0 Å². The molecule has 0 saturated carbocycles. The molecule has 0 aliphatic carbocycles. The van der Waals surface area contributed by atoms with Crippen LogP contribution in [0.15, 0.2) is 30.7 Å². The first-order valence-corrected chi connectivity index (χ1v) is 6.12. The van der Waals surface area contributed by atoms with Crippen molar-refractivity contribution < 1.29 is 9.50 Å². The van der Waals surface area contributed by atoms with E-state index in [-0.39, 0.29) is 11.4 Å². The molecule has 0 aliphatic heterocycles. The van der Waals surface area contributed by atoms with Crippen LogP contribution < -0.4 is 0 Å². The number of hydrogen-bond donors (Lipinski definition) is 1. The number of rotatable bonds is 4. The lowest BCUT2D eigenvalue weighted by atomic mass is 10.1. The summed E-state index contributed by atoms with van der Waals surface area (Å²) in [5, 5.41) is 10.2. The predicted molar refractivity (Wildman–Crippen MR) is 68.0 cm³/mol. The highest BCUT2D eigenvalue weighted by Crippen LogP contribution is 2.23. The Kier molecular flexibility index (Phi) is 3.99. The van der Waals surface area contributed by atoms with Crippen LogP contribution in [-0.2, 0) is 13.0 Å². The largest absolute Gasteiger partial charge is 0.386 e. The van der Waals surface area contributed by atoms with Crippen LogP contribution in [0.5, 0.6) is 0 Å². The van der Waals surface area contributed by atoms with Crippen LogP contribution >= 0.6 is 11.6 Å². The van der Waals surface area contributed by atoms with Gasteiger partial charge >= 0.3 is 0 Å². The molecule has 96 valence electrons. The molecule has 1 aromatic heterocycles. The molecule has 0 fully saturated rings. The fraction of sp³-hybridized carbons (Fsp3) is 0.308. The zero-order valence-electron chi connectivity index (χ0n) is 9.98. The molecule has 18 heavy (non-hydrogen) atoms. The van der Waals surface area contributed by atoms with E-state index in [9.17, 15) is 9.50 Å². The van der Waals surface area contributed by atoms with E-state index >= 15 is 0 Å². The summed E-state index contributed by atoms with van der Waals surface area (Å²) in [7, 11) is 0. The van der Waals surface area contributed by atoms with E-state index in [2.05, 4.69) is 4.98 Å². The van der Waals surface area contributed by atoms with Gasteiger partial charge in [0.25, 0.3) is 0 Å². The molecular formula is C13H14ClFN2O. The molecule has 1 aromatic carbocycles. The van der Waals surface area contributed by atoms with Crippen molar-refractivity contribution in [3.63, 3.8) is 0 Å². The molecule has 1 atom stereocenters. The minimum absolute atomic E-state index is 0.0729. The van der Waals surface area contributed by atoms with Crippen LogP contribution in [0.4, 0.5) is 4.39 Å². The summed E-state index contributed by atoms with van der Waals surface area (Å²) in [5.41, 5.74) is 1.08. The van der Waals surface area contributed by atoms with Crippen LogP contribution in [0.1, 0.15) is 24.3 Å². The van der Waals surface area contributed by atoms with Crippen molar-refractivity contribution in [3.05, 3.63) is 52.8 Å². The Labute approximate surface area is 110 Å². The normalized spacial score (nSPS) is 12.7. The molecule has 3 nitrogen and oxygen atoms in total. The second kappa shape index (κ2) is 5.50. The van der Waals surface area contributed by atoms with Crippen molar-refractivity contribution >= 4 is 11.6 Å². The predicted octanol–water partition coefficient (Wildman–Crippen LogP) is 2.97. The van der Waals surface area contributed by atoms with Gasteiger partial charge in [-0.3, -0.25) is 0 Å². The molecule has 0 radical (unpaired) electrons. The van der Waals surface area contributed by atoms with Gasteiger partial charge < -0.3 is 9.67 Å². The van der Waals surface area contributed by atoms with E-state index in [0.717, 1.165) is 0 Å². The number of aryl methyl sites for hydroxylation is 1. The monoisotopic (exact) mass is 268 g/mol. The van der Waals surface area contributed by atoms with E-state index in [4.69, 9.17) is 11.6 Å². The highest BCUT2D eigenvalue weighted by molar-refractivity contribution is 6.30. The molecule has 0 spiro atoms. The molecule has 1 heterocycles. The second-order valence-corrected chi connectivity index (χ2v) is 4.44. The summed E-state index contributed by atoms with van der Waals surface area (Å²) in [6.07, 6.45) is 2.63. The second-order valence-electron chi connectivity index (χ2n) is 4.04. The summed E-state index contributed by atoms with van der Waals surface area (Å²) < 4.78 is 15.5. The fourth-order valence-corrected chi connectivity index (χ4v) is 2.09. The van der Waals surface area contributed by atoms with Crippen LogP contribution in [0, 0.1) is 5.82 Å². The minimum atomic E-state index is -0.791. The number of halogens is 2. The van der Waals surface area contributed by atoms with Crippen molar-refractivity contribution in [1.29, 1.82) is 0 Å². The number of imidazole rings is 1. The minimum Gasteiger partial charge on any atom is -0.386 e. The first kappa shape index (κ1) is 13.1.